The average molecular weight is 353 g/mol. The normalized spacial score (nSPS) is 27.2. The molecular weight excluding hydrogens is 326 g/mol. The van der Waals surface area contributed by atoms with Gasteiger partial charge < -0.3 is 10.4 Å². The smallest absolute Gasteiger partial charge is 0.243 e. The molecule has 0 radical (unpaired) electrons. The van der Waals surface area contributed by atoms with Crippen molar-refractivity contribution in [2.45, 2.75) is 30.3 Å². The summed E-state index contributed by atoms with van der Waals surface area (Å²) in [7, 11) is -3.42. The lowest BCUT2D eigenvalue weighted by Crippen LogP contribution is -2.57. The summed E-state index contributed by atoms with van der Waals surface area (Å²) < 4.78 is 27.0. The summed E-state index contributed by atoms with van der Waals surface area (Å²) in [5, 5.41) is 13.9. The van der Waals surface area contributed by atoms with Crippen LogP contribution in [0.25, 0.3) is 0 Å². The molecule has 2 aliphatic heterocycles. The number of nitrogens with one attached hydrogen (secondary N) is 1. The molecule has 0 bridgehead atoms. The van der Waals surface area contributed by atoms with Crippen molar-refractivity contribution >= 4 is 10.0 Å². The molecule has 2 fully saturated rings. The number of nitrogens with zero attached hydrogens (tertiary/aromatic N) is 2. The molecule has 2 N–H and O–H groups in total. The van der Waals surface area contributed by atoms with Crippen molar-refractivity contribution in [1.82, 2.24) is 14.5 Å². The Morgan fingerprint density at radius 2 is 1.83 bits per heavy atom. The molecule has 0 aromatic heterocycles. The Labute approximate surface area is 144 Å². The highest BCUT2D eigenvalue weighted by molar-refractivity contribution is 7.89. The maximum atomic E-state index is 12.7. The zero-order valence-electron chi connectivity index (χ0n) is 14.2. The van der Waals surface area contributed by atoms with Crippen LogP contribution >= 0.6 is 0 Å². The van der Waals surface area contributed by atoms with Gasteiger partial charge in [0.25, 0.3) is 0 Å². The first-order valence-corrected chi connectivity index (χ1v) is 10.1. The number of piperazine rings is 1. The fourth-order valence-electron chi connectivity index (χ4n) is 3.49. The van der Waals surface area contributed by atoms with Crippen LogP contribution in [0.5, 0.6) is 0 Å². The van der Waals surface area contributed by atoms with Crippen molar-refractivity contribution in [1.29, 1.82) is 0 Å². The quantitative estimate of drug-likeness (QED) is 0.821. The second-order valence-corrected chi connectivity index (χ2v) is 8.94. The minimum atomic E-state index is -3.42. The fourth-order valence-corrected chi connectivity index (χ4v) is 4.91. The summed E-state index contributed by atoms with van der Waals surface area (Å²) in [5.41, 5.74) is 0.365. The molecule has 7 heteroatoms. The van der Waals surface area contributed by atoms with E-state index in [0.29, 0.717) is 44.2 Å². The van der Waals surface area contributed by atoms with E-state index in [1.807, 2.05) is 19.1 Å². The molecule has 3 rings (SSSR count). The standard InChI is InChI=1S/C17H27N3O3S/c1-15-3-5-16(6-4-15)24(22,23)20-11-9-19(10-12-20)14-17(21)7-2-8-18-13-17/h3-6,18,21H,2,7-14H2,1H3. The van der Waals surface area contributed by atoms with Gasteiger partial charge in [-0.1, -0.05) is 17.7 Å². The van der Waals surface area contributed by atoms with E-state index in [0.717, 1.165) is 24.9 Å². The van der Waals surface area contributed by atoms with Crippen molar-refractivity contribution < 1.29 is 13.5 Å². The van der Waals surface area contributed by atoms with Crippen molar-refractivity contribution in [2.24, 2.45) is 0 Å². The van der Waals surface area contributed by atoms with Crippen LogP contribution in [-0.2, 0) is 10.0 Å². The second kappa shape index (κ2) is 7.09. The van der Waals surface area contributed by atoms with Gasteiger partial charge in [0.1, 0.15) is 0 Å². The molecule has 2 saturated heterocycles. The van der Waals surface area contributed by atoms with Gasteiger partial charge in [-0.3, -0.25) is 4.90 Å². The Bertz CT molecular complexity index is 646. The lowest BCUT2D eigenvalue weighted by atomic mass is 9.93. The number of β-amino-alcohol motifs (C(OH)–C–C–N with tert-alkyl or cyclic N) is 1. The van der Waals surface area contributed by atoms with E-state index in [2.05, 4.69) is 10.2 Å². The summed E-state index contributed by atoms with van der Waals surface area (Å²) in [6, 6.07) is 7.00. The van der Waals surface area contributed by atoms with Gasteiger partial charge in [0, 0.05) is 39.3 Å². The minimum absolute atomic E-state index is 0.358. The number of sulfonamides is 1. The Kier molecular flexibility index (Phi) is 5.27. The van der Waals surface area contributed by atoms with Gasteiger partial charge in [0.2, 0.25) is 10.0 Å². The second-order valence-electron chi connectivity index (χ2n) is 7.00. The summed E-state index contributed by atoms with van der Waals surface area (Å²) in [4.78, 5) is 2.53. The van der Waals surface area contributed by atoms with Gasteiger partial charge in [-0.25, -0.2) is 8.42 Å². The molecule has 1 atom stereocenters. The third-order valence-electron chi connectivity index (χ3n) is 4.96. The van der Waals surface area contributed by atoms with Crippen molar-refractivity contribution in [3.63, 3.8) is 0 Å². The molecule has 0 saturated carbocycles. The van der Waals surface area contributed by atoms with Crippen LogP contribution in [0.4, 0.5) is 0 Å². The minimum Gasteiger partial charge on any atom is -0.387 e. The Hall–Kier alpha value is -0.990. The van der Waals surface area contributed by atoms with Crippen LogP contribution in [0.1, 0.15) is 18.4 Å². The summed E-state index contributed by atoms with van der Waals surface area (Å²) >= 11 is 0. The van der Waals surface area contributed by atoms with Crippen LogP contribution in [-0.4, -0.2) is 74.1 Å². The maximum absolute atomic E-state index is 12.7. The van der Waals surface area contributed by atoms with Gasteiger partial charge in [0.15, 0.2) is 0 Å². The van der Waals surface area contributed by atoms with E-state index in [1.165, 1.54) is 0 Å². The molecule has 1 unspecified atom stereocenters. The first kappa shape index (κ1) is 17.8. The molecule has 0 amide bonds. The molecule has 0 aliphatic carbocycles. The number of hydrogen-bond donors (Lipinski definition) is 2. The average Bonchev–Trinajstić information content (AvgIpc) is 2.56. The van der Waals surface area contributed by atoms with Crippen molar-refractivity contribution in [2.75, 3.05) is 45.8 Å². The fraction of sp³-hybridized carbons (Fsp3) is 0.647. The summed E-state index contributed by atoms with van der Waals surface area (Å²) in [5.74, 6) is 0. The Morgan fingerprint density at radius 3 is 2.42 bits per heavy atom. The van der Waals surface area contributed by atoms with Crippen LogP contribution in [0.15, 0.2) is 29.2 Å². The predicted molar refractivity (Wildman–Crippen MR) is 93.4 cm³/mol. The van der Waals surface area contributed by atoms with E-state index in [-0.39, 0.29) is 0 Å². The molecular formula is C17H27N3O3S. The highest BCUT2D eigenvalue weighted by atomic mass is 32.2. The molecule has 1 aromatic rings. The lowest BCUT2D eigenvalue weighted by Gasteiger charge is -2.40. The number of aryl methyl sites for hydroxylation is 1. The first-order chi connectivity index (χ1) is 11.4. The Balaban J connectivity index is 1.59. The Morgan fingerprint density at radius 1 is 1.17 bits per heavy atom. The number of aliphatic hydroxyl groups is 1. The number of piperidine rings is 1. The van der Waals surface area contributed by atoms with Gasteiger partial charge in [-0.05, 0) is 38.4 Å². The highest BCUT2D eigenvalue weighted by Gasteiger charge is 2.34. The molecule has 6 nitrogen and oxygen atoms in total. The topological polar surface area (TPSA) is 72.9 Å². The number of rotatable bonds is 4. The number of hydrogen-bond acceptors (Lipinski definition) is 5. The maximum Gasteiger partial charge on any atom is 0.243 e. The first-order valence-electron chi connectivity index (χ1n) is 8.61. The number of benzene rings is 1. The van der Waals surface area contributed by atoms with E-state index in [9.17, 15) is 13.5 Å². The lowest BCUT2D eigenvalue weighted by molar-refractivity contribution is -0.0212. The van der Waals surface area contributed by atoms with E-state index in [1.54, 1.807) is 16.4 Å². The molecule has 24 heavy (non-hydrogen) atoms. The zero-order valence-corrected chi connectivity index (χ0v) is 15.1. The van der Waals surface area contributed by atoms with Crippen molar-refractivity contribution in [3.05, 3.63) is 29.8 Å². The summed E-state index contributed by atoms with van der Waals surface area (Å²) in [6.07, 6.45) is 1.79. The van der Waals surface area contributed by atoms with Crippen molar-refractivity contribution in [3.8, 4) is 0 Å². The van der Waals surface area contributed by atoms with Crippen LogP contribution < -0.4 is 5.32 Å². The highest BCUT2D eigenvalue weighted by Crippen LogP contribution is 2.21. The molecule has 2 aliphatic rings. The predicted octanol–water partition coefficient (Wildman–Crippen LogP) is 0.416. The molecule has 134 valence electrons. The third-order valence-corrected chi connectivity index (χ3v) is 6.87. The van der Waals surface area contributed by atoms with Crippen LogP contribution in [0, 0.1) is 6.92 Å². The van der Waals surface area contributed by atoms with E-state index in [4.69, 9.17) is 0 Å². The summed E-state index contributed by atoms with van der Waals surface area (Å²) in [6.45, 7) is 6.40. The van der Waals surface area contributed by atoms with E-state index >= 15 is 0 Å². The van der Waals surface area contributed by atoms with Crippen LogP contribution in [0.3, 0.4) is 0 Å². The molecule has 0 spiro atoms. The zero-order chi connectivity index (χ0) is 17.2. The van der Waals surface area contributed by atoms with Gasteiger partial charge in [0.05, 0.1) is 10.5 Å². The van der Waals surface area contributed by atoms with Gasteiger partial charge in [-0.2, -0.15) is 4.31 Å². The van der Waals surface area contributed by atoms with E-state index < -0.39 is 15.6 Å². The largest absolute Gasteiger partial charge is 0.387 e. The SMILES string of the molecule is Cc1ccc(S(=O)(=O)N2CCN(CC3(O)CCCNC3)CC2)cc1. The van der Waals surface area contributed by atoms with Crippen LogP contribution in [0.2, 0.25) is 0 Å². The third kappa shape index (κ3) is 3.97. The van der Waals surface area contributed by atoms with Gasteiger partial charge in [-0.15, -0.1) is 0 Å². The molecule has 1 aromatic carbocycles. The monoisotopic (exact) mass is 353 g/mol. The molecule has 2 heterocycles. The van der Waals surface area contributed by atoms with Gasteiger partial charge >= 0.3 is 0 Å².